The molecule has 1 fully saturated rings. The third-order valence-corrected chi connectivity index (χ3v) is 5.74. The summed E-state index contributed by atoms with van der Waals surface area (Å²) in [4.78, 5) is 31.8. The Labute approximate surface area is 196 Å². The van der Waals surface area contributed by atoms with Crippen LogP contribution in [-0.4, -0.2) is 53.3 Å². The molecule has 34 heavy (non-hydrogen) atoms. The van der Waals surface area contributed by atoms with E-state index in [1.165, 1.54) is 0 Å². The number of amides is 2. The van der Waals surface area contributed by atoms with Gasteiger partial charge in [0.1, 0.15) is 0 Å². The van der Waals surface area contributed by atoms with Crippen LogP contribution in [0.4, 0.5) is 11.5 Å². The predicted molar refractivity (Wildman–Crippen MR) is 129 cm³/mol. The number of ether oxygens (including phenoxy) is 1. The Bertz CT molecular complexity index is 1300. The van der Waals surface area contributed by atoms with E-state index in [1.54, 1.807) is 42.7 Å². The third-order valence-electron chi connectivity index (χ3n) is 5.74. The number of pyridine rings is 1. The summed E-state index contributed by atoms with van der Waals surface area (Å²) >= 11 is 0. The molecule has 0 aliphatic carbocycles. The van der Waals surface area contributed by atoms with Gasteiger partial charge in [-0.25, -0.2) is 0 Å². The molecule has 2 amide bonds. The van der Waals surface area contributed by atoms with E-state index >= 15 is 0 Å². The van der Waals surface area contributed by atoms with Gasteiger partial charge in [0.2, 0.25) is 0 Å². The Balaban J connectivity index is 1.28. The Hall–Kier alpha value is -4.24. The molecule has 0 spiro atoms. The van der Waals surface area contributed by atoms with Crippen molar-refractivity contribution in [2.24, 2.45) is 0 Å². The van der Waals surface area contributed by atoms with Crippen LogP contribution in [0.25, 0.3) is 10.9 Å². The highest BCUT2D eigenvalue weighted by Crippen LogP contribution is 2.23. The summed E-state index contributed by atoms with van der Waals surface area (Å²) in [6.07, 6.45) is 3.40. The van der Waals surface area contributed by atoms with E-state index in [4.69, 9.17) is 4.74 Å². The predicted octanol–water partition coefficient (Wildman–Crippen LogP) is 2.98. The van der Waals surface area contributed by atoms with Crippen molar-refractivity contribution in [1.29, 1.82) is 0 Å². The highest BCUT2D eigenvalue weighted by molar-refractivity contribution is 6.09. The number of carbonyl (C=O) groups excluding carboxylic acids is 2. The van der Waals surface area contributed by atoms with Gasteiger partial charge in [0, 0.05) is 54.2 Å². The Morgan fingerprint density at radius 2 is 1.79 bits per heavy atom. The first-order valence-electron chi connectivity index (χ1n) is 11.1. The zero-order chi connectivity index (χ0) is 23.3. The summed E-state index contributed by atoms with van der Waals surface area (Å²) in [6.45, 7) is 3.46. The van der Waals surface area contributed by atoms with E-state index in [2.05, 4.69) is 30.7 Å². The lowest BCUT2D eigenvalue weighted by Crippen LogP contribution is -2.36. The molecule has 9 heteroatoms. The quantitative estimate of drug-likeness (QED) is 0.411. The number of benzene rings is 2. The minimum Gasteiger partial charge on any atom is -0.378 e. The van der Waals surface area contributed by atoms with Crippen molar-refractivity contribution >= 4 is 34.2 Å². The number of fused-ring (bicyclic) bond motifs is 1. The van der Waals surface area contributed by atoms with E-state index in [-0.39, 0.29) is 11.8 Å². The summed E-state index contributed by atoms with van der Waals surface area (Å²) in [5.74, 6) is -0.115. The monoisotopic (exact) mass is 456 g/mol. The topological polar surface area (TPSA) is 112 Å². The number of H-pyrrole nitrogens is 1. The van der Waals surface area contributed by atoms with E-state index in [9.17, 15) is 9.59 Å². The van der Waals surface area contributed by atoms with Gasteiger partial charge in [-0.3, -0.25) is 19.7 Å². The molecular formula is C25H24N6O3. The fourth-order valence-corrected chi connectivity index (χ4v) is 3.86. The molecule has 3 heterocycles. The van der Waals surface area contributed by atoms with Gasteiger partial charge in [-0.2, -0.15) is 5.10 Å². The second kappa shape index (κ2) is 9.72. The zero-order valence-electron chi connectivity index (χ0n) is 18.5. The van der Waals surface area contributed by atoms with Gasteiger partial charge in [0.05, 0.1) is 18.7 Å². The number of carbonyl (C=O) groups is 2. The molecule has 9 nitrogen and oxygen atoms in total. The van der Waals surface area contributed by atoms with E-state index in [1.807, 2.05) is 24.3 Å². The Morgan fingerprint density at radius 3 is 2.56 bits per heavy atom. The third kappa shape index (κ3) is 4.74. The standard InChI is InChI=1S/C25H24N6O3/c32-24(27-16-17-2-1-9-26-15-17)19-5-8-22-21(14-19)23(30-29-22)28-25(33)18-3-6-20(7-4-18)31-10-12-34-13-11-31/h1-9,14-15H,10-13,16H2,(H,27,32)(H2,28,29,30,33). The van der Waals surface area contributed by atoms with E-state index in [0.717, 1.165) is 29.9 Å². The minimum atomic E-state index is -0.270. The number of hydrogen-bond acceptors (Lipinski definition) is 6. The molecule has 0 radical (unpaired) electrons. The lowest BCUT2D eigenvalue weighted by molar-refractivity contribution is 0.0950. The first kappa shape index (κ1) is 21.6. The maximum atomic E-state index is 12.8. The van der Waals surface area contributed by atoms with Gasteiger partial charge in [-0.05, 0) is 54.1 Å². The second-order valence-electron chi connectivity index (χ2n) is 7.98. The van der Waals surface area contributed by atoms with Crippen LogP contribution in [0.15, 0.2) is 67.0 Å². The van der Waals surface area contributed by atoms with Crippen LogP contribution in [0.5, 0.6) is 0 Å². The van der Waals surface area contributed by atoms with Crippen molar-refractivity contribution in [1.82, 2.24) is 20.5 Å². The number of hydrogen-bond donors (Lipinski definition) is 3. The fraction of sp³-hybridized carbons (Fsp3) is 0.200. The summed E-state index contributed by atoms with van der Waals surface area (Å²) in [6, 6.07) is 16.4. The highest BCUT2D eigenvalue weighted by Gasteiger charge is 2.15. The van der Waals surface area contributed by atoms with Crippen molar-refractivity contribution in [3.63, 3.8) is 0 Å². The molecular weight excluding hydrogens is 432 g/mol. The number of rotatable bonds is 6. The van der Waals surface area contributed by atoms with Crippen LogP contribution in [0.1, 0.15) is 26.3 Å². The molecule has 0 unspecified atom stereocenters. The van der Waals surface area contributed by atoms with Crippen LogP contribution in [-0.2, 0) is 11.3 Å². The lowest BCUT2D eigenvalue weighted by atomic mass is 10.1. The maximum absolute atomic E-state index is 12.8. The summed E-state index contributed by atoms with van der Waals surface area (Å²) < 4.78 is 5.39. The first-order valence-corrected chi connectivity index (χ1v) is 11.1. The van der Waals surface area contributed by atoms with Crippen LogP contribution in [0.2, 0.25) is 0 Å². The van der Waals surface area contributed by atoms with Crippen molar-refractivity contribution in [3.05, 3.63) is 83.7 Å². The number of aromatic nitrogens is 3. The molecule has 2 aromatic heterocycles. The molecule has 0 saturated carbocycles. The number of anilines is 2. The average molecular weight is 457 g/mol. The van der Waals surface area contributed by atoms with Gasteiger partial charge in [-0.15, -0.1) is 0 Å². The molecule has 3 N–H and O–H groups in total. The summed E-state index contributed by atoms with van der Waals surface area (Å²) in [5.41, 5.74) is 3.70. The minimum absolute atomic E-state index is 0.220. The van der Waals surface area contributed by atoms with E-state index < -0.39 is 0 Å². The molecule has 4 aromatic rings. The summed E-state index contributed by atoms with van der Waals surface area (Å²) in [7, 11) is 0. The molecule has 1 saturated heterocycles. The smallest absolute Gasteiger partial charge is 0.256 e. The number of nitrogens with zero attached hydrogens (tertiary/aromatic N) is 3. The lowest BCUT2D eigenvalue weighted by Gasteiger charge is -2.28. The van der Waals surface area contributed by atoms with Gasteiger partial charge in [-0.1, -0.05) is 6.07 Å². The van der Waals surface area contributed by atoms with Crippen LogP contribution in [0, 0.1) is 0 Å². The van der Waals surface area contributed by atoms with E-state index in [0.29, 0.717) is 42.1 Å². The molecule has 1 aliphatic heterocycles. The molecule has 1 aliphatic rings. The van der Waals surface area contributed by atoms with Gasteiger partial charge in [0.15, 0.2) is 5.82 Å². The Kier molecular flexibility index (Phi) is 6.17. The maximum Gasteiger partial charge on any atom is 0.256 e. The second-order valence-corrected chi connectivity index (χ2v) is 7.98. The normalized spacial score (nSPS) is 13.6. The first-order chi connectivity index (χ1) is 16.7. The summed E-state index contributed by atoms with van der Waals surface area (Å²) in [5, 5.41) is 13.5. The van der Waals surface area contributed by atoms with Crippen LogP contribution in [0.3, 0.4) is 0 Å². The van der Waals surface area contributed by atoms with Crippen molar-refractivity contribution in [2.75, 3.05) is 36.5 Å². The average Bonchev–Trinajstić information content (AvgIpc) is 3.30. The van der Waals surface area contributed by atoms with Gasteiger partial charge < -0.3 is 20.3 Å². The zero-order valence-corrected chi connectivity index (χ0v) is 18.5. The molecule has 0 bridgehead atoms. The molecule has 172 valence electrons. The van der Waals surface area contributed by atoms with Crippen molar-refractivity contribution in [2.45, 2.75) is 6.54 Å². The molecule has 5 rings (SSSR count). The number of aromatic amines is 1. The van der Waals surface area contributed by atoms with Crippen molar-refractivity contribution in [3.8, 4) is 0 Å². The largest absolute Gasteiger partial charge is 0.378 e. The highest BCUT2D eigenvalue weighted by atomic mass is 16.5. The fourth-order valence-electron chi connectivity index (χ4n) is 3.86. The van der Waals surface area contributed by atoms with Gasteiger partial charge >= 0.3 is 0 Å². The van der Waals surface area contributed by atoms with Crippen molar-refractivity contribution < 1.29 is 14.3 Å². The number of nitrogens with one attached hydrogen (secondary N) is 3. The molecule has 2 aromatic carbocycles. The van der Waals surface area contributed by atoms with Crippen LogP contribution >= 0.6 is 0 Å². The SMILES string of the molecule is O=C(NCc1cccnc1)c1ccc2[nH]nc(NC(=O)c3ccc(N4CCOCC4)cc3)c2c1. The number of morpholine rings is 1. The Morgan fingerprint density at radius 1 is 1.00 bits per heavy atom. The van der Waals surface area contributed by atoms with Gasteiger partial charge in [0.25, 0.3) is 11.8 Å². The van der Waals surface area contributed by atoms with Crippen LogP contribution < -0.4 is 15.5 Å². The molecule has 0 atom stereocenters.